The molecular weight excluding hydrogens is 422 g/mol. The van der Waals surface area contributed by atoms with Crippen molar-refractivity contribution in [2.75, 3.05) is 0 Å². The van der Waals surface area contributed by atoms with Crippen LogP contribution >= 0.6 is 0 Å². The number of nitrogens with zero attached hydrogens (tertiary/aromatic N) is 3. The fourth-order valence-electron chi connectivity index (χ4n) is 4.02. The lowest BCUT2D eigenvalue weighted by atomic mass is 10.1. The van der Waals surface area contributed by atoms with E-state index in [1.54, 1.807) is 18.3 Å². The predicted octanol–water partition coefficient (Wildman–Crippen LogP) is 7.47. The Labute approximate surface area is 197 Å². The van der Waals surface area contributed by atoms with Gasteiger partial charge < -0.3 is 4.57 Å². The molecule has 0 unspecified atom stereocenters. The van der Waals surface area contributed by atoms with Gasteiger partial charge in [0.15, 0.2) is 0 Å². The highest BCUT2D eigenvalue weighted by Gasteiger charge is 2.18. The van der Waals surface area contributed by atoms with Crippen LogP contribution in [0.5, 0.6) is 0 Å². The van der Waals surface area contributed by atoms with Gasteiger partial charge in [-0.1, -0.05) is 84.9 Å². The van der Waals surface area contributed by atoms with E-state index in [0.717, 1.165) is 33.8 Å². The first-order valence-electron chi connectivity index (χ1n) is 10.9. The number of hydrogen-bond acceptors (Lipinski definition) is 3. The minimum absolute atomic E-state index is 0.0183. The van der Waals surface area contributed by atoms with Crippen LogP contribution in [-0.2, 0) is 0 Å². The molecule has 0 saturated carbocycles. The second-order valence-corrected chi connectivity index (χ2v) is 7.77. The quantitative estimate of drug-likeness (QED) is 0.155. The van der Waals surface area contributed by atoms with Crippen molar-refractivity contribution in [2.24, 2.45) is 4.99 Å². The summed E-state index contributed by atoms with van der Waals surface area (Å²) in [4.78, 5) is 15.4. The maximum absolute atomic E-state index is 11.2. The Morgan fingerprint density at radius 1 is 0.706 bits per heavy atom. The highest BCUT2D eigenvalue weighted by atomic mass is 16.6. The first kappa shape index (κ1) is 21.1. The predicted molar refractivity (Wildman–Crippen MR) is 137 cm³/mol. The zero-order valence-electron chi connectivity index (χ0n) is 18.3. The Morgan fingerprint density at radius 3 is 1.97 bits per heavy atom. The smallest absolute Gasteiger partial charge is 0.271 e. The maximum Gasteiger partial charge on any atom is 0.271 e. The van der Waals surface area contributed by atoms with Crippen LogP contribution in [0.25, 0.3) is 28.2 Å². The van der Waals surface area contributed by atoms with Gasteiger partial charge in [-0.3, -0.25) is 15.1 Å². The van der Waals surface area contributed by atoms with E-state index in [-0.39, 0.29) is 5.69 Å². The molecule has 34 heavy (non-hydrogen) atoms. The van der Waals surface area contributed by atoms with Crippen LogP contribution in [0.1, 0.15) is 5.56 Å². The molecule has 0 saturated heterocycles. The van der Waals surface area contributed by atoms with E-state index < -0.39 is 4.92 Å². The molecule has 1 aromatic heterocycles. The second kappa shape index (κ2) is 9.38. The molecule has 5 aromatic rings. The van der Waals surface area contributed by atoms with Gasteiger partial charge in [0.05, 0.1) is 22.0 Å². The molecule has 5 nitrogen and oxygen atoms in total. The summed E-state index contributed by atoms with van der Waals surface area (Å²) in [6.07, 6.45) is 1.78. The van der Waals surface area contributed by atoms with E-state index in [1.165, 1.54) is 12.1 Å². The molecule has 0 aliphatic carbocycles. The van der Waals surface area contributed by atoms with Crippen molar-refractivity contribution in [3.05, 3.63) is 137 Å². The molecule has 0 bridgehead atoms. The third kappa shape index (κ3) is 4.27. The number of para-hydroxylation sites is 1. The largest absolute Gasteiger partial charge is 0.309 e. The molecule has 0 fully saturated rings. The number of nitro benzene ring substituents is 1. The van der Waals surface area contributed by atoms with Crippen LogP contribution in [0, 0.1) is 10.1 Å². The minimum atomic E-state index is -0.409. The van der Waals surface area contributed by atoms with Crippen molar-refractivity contribution >= 4 is 17.6 Å². The van der Waals surface area contributed by atoms with Gasteiger partial charge in [-0.2, -0.15) is 0 Å². The van der Waals surface area contributed by atoms with Crippen molar-refractivity contribution in [2.45, 2.75) is 0 Å². The summed E-state index contributed by atoms with van der Waals surface area (Å²) in [7, 11) is 0. The van der Waals surface area contributed by atoms with Crippen LogP contribution in [0.2, 0.25) is 0 Å². The fourth-order valence-corrected chi connectivity index (χ4v) is 4.02. The molecule has 4 aromatic carbocycles. The number of nitro groups is 1. The van der Waals surface area contributed by atoms with Gasteiger partial charge in [-0.25, -0.2) is 0 Å². The molecule has 0 N–H and O–H groups in total. The number of rotatable bonds is 6. The lowest BCUT2D eigenvalue weighted by Crippen LogP contribution is -2.00. The van der Waals surface area contributed by atoms with E-state index >= 15 is 0 Å². The lowest BCUT2D eigenvalue weighted by molar-refractivity contribution is -0.384. The number of benzene rings is 4. The van der Waals surface area contributed by atoms with Crippen molar-refractivity contribution in [1.82, 2.24) is 4.57 Å². The van der Waals surface area contributed by atoms with Crippen LogP contribution in [0.3, 0.4) is 0 Å². The number of hydrogen-bond donors (Lipinski definition) is 0. The zero-order chi connectivity index (χ0) is 23.3. The molecule has 0 radical (unpaired) electrons. The van der Waals surface area contributed by atoms with Gasteiger partial charge in [-0.05, 0) is 35.4 Å². The Balaban J connectivity index is 1.74. The normalized spacial score (nSPS) is 11.1. The third-order valence-electron chi connectivity index (χ3n) is 5.55. The molecule has 0 aliphatic heterocycles. The van der Waals surface area contributed by atoms with E-state index in [1.807, 2.05) is 54.6 Å². The molecule has 0 spiro atoms. The lowest BCUT2D eigenvalue weighted by Gasteiger charge is -2.15. The van der Waals surface area contributed by atoms with Gasteiger partial charge in [0, 0.05) is 29.6 Å². The third-order valence-corrected chi connectivity index (χ3v) is 5.55. The molecular formula is C29H21N3O2. The van der Waals surface area contributed by atoms with Crippen LogP contribution in [0.15, 0.2) is 126 Å². The molecule has 0 atom stereocenters. The molecule has 5 heteroatoms. The highest BCUT2D eigenvalue weighted by Crippen LogP contribution is 2.35. The van der Waals surface area contributed by atoms with Gasteiger partial charge in [0.2, 0.25) is 0 Å². The van der Waals surface area contributed by atoms with Gasteiger partial charge in [0.1, 0.15) is 0 Å². The van der Waals surface area contributed by atoms with E-state index in [2.05, 4.69) is 52.0 Å². The van der Waals surface area contributed by atoms with E-state index in [0.29, 0.717) is 5.69 Å². The molecule has 5 rings (SSSR count). The average Bonchev–Trinajstić information content (AvgIpc) is 3.29. The standard InChI is InChI=1S/C29H21N3O2/c33-32(34)27-18-10-15-25(20-27)30-21-24-19-28(22-11-4-1-5-12-22)31(26-16-8-3-9-17-26)29(24)23-13-6-2-7-14-23/h1-21H. The summed E-state index contributed by atoms with van der Waals surface area (Å²) >= 11 is 0. The summed E-state index contributed by atoms with van der Waals surface area (Å²) in [5, 5.41) is 11.2. The Hall–Kier alpha value is -4.77. The second-order valence-electron chi connectivity index (χ2n) is 7.77. The summed E-state index contributed by atoms with van der Waals surface area (Å²) < 4.78 is 2.24. The Kier molecular flexibility index (Phi) is 5.82. The first-order chi connectivity index (χ1) is 16.7. The summed E-state index contributed by atoms with van der Waals surface area (Å²) in [5.41, 5.74) is 6.67. The van der Waals surface area contributed by atoms with Gasteiger partial charge in [-0.15, -0.1) is 0 Å². The number of aromatic nitrogens is 1. The SMILES string of the molecule is O=[N+]([O-])c1cccc(N=Cc2cc(-c3ccccc3)n(-c3ccccc3)c2-c2ccccc2)c1. The first-order valence-corrected chi connectivity index (χ1v) is 10.9. The van der Waals surface area contributed by atoms with Crippen molar-refractivity contribution in [3.8, 4) is 28.2 Å². The van der Waals surface area contributed by atoms with Crippen molar-refractivity contribution in [3.63, 3.8) is 0 Å². The number of aliphatic imine (C=N–C) groups is 1. The number of non-ortho nitro benzene ring substituents is 1. The van der Waals surface area contributed by atoms with Crippen LogP contribution in [-0.4, -0.2) is 15.7 Å². The van der Waals surface area contributed by atoms with Crippen molar-refractivity contribution in [1.29, 1.82) is 0 Å². The average molecular weight is 444 g/mol. The topological polar surface area (TPSA) is 60.4 Å². The summed E-state index contributed by atoms with van der Waals surface area (Å²) in [6.45, 7) is 0. The molecule has 0 aliphatic rings. The van der Waals surface area contributed by atoms with E-state index in [4.69, 9.17) is 0 Å². The van der Waals surface area contributed by atoms with Crippen molar-refractivity contribution < 1.29 is 4.92 Å². The summed E-state index contributed by atoms with van der Waals surface area (Å²) in [5.74, 6) is 0. The zero-order valence-corrected chi connectivity index (χ0v) is 18.3. The molecule has 1 heterocycles. The fraction of sp³-hybridized carbons (Fsp3) is 0. The maximum atomic E-state index is 11.2. The minimum Gasteiger partial charge on any atom is -0.309 e. The van der Waals surface area contributed by atoms with Crippen LogP contribution < -0.4 is 0 Å². The monoisotopic (exact) mass is 443 g/mol. The molecule has 164 valence electrons. The van der Waals surface area contributed by atoms with Gasteiger partial charge in [0.25, 0.3) is 5.69 Å². The van der Waals surface area contributed by atoms with Crippen LogP contribution in [0.4, 0.5) is 11.4 Å². The Morgan fingerprint density at radius 2 is 1.32 bits per heavy atom. The summed E-state index contributed by atoms with van der Waals surface area (Å²) in [6, 6.07) is 39.1. The van der Waals surface area contributed by atoms with Gasteiger partial charge >= 0.3 is 0 Å². The Bertz CT molecular complexity index is 1460. The van der Waals surface area contributed by atoms with E-state index in [9.17, 15) is 10.1 Å². The highest BCUT2D eigenvalue weighted by molar-refractivity contribution is 5.94. The molecule has 0 amide bonds.